The van der Waals surface area contributed by atoms with Gasteiger partial charge in [-0.15, -0.1) is 0 Å². The molecule has 0 aromatic heterocycles. The average Bonchev–Trinajstić information content (AvgIpc) is 2.26. The van der Waals surface area contributed by atoms with Crippen molar-refractivity contribution in [2.75, 3.05) is 52.4 Å². The average molecular weight is 252 g/mol. The van der Waals surface area contributed by atoms with E-state index >= 15 is 0 Å². The maximum absolute atomic E-state index is 5.89. The van der Waals surface area contributed by atoms with Crippen LogP contribution in [0.5, 0.6) is 0 Å². The number of quaternary nitrogens is 1. The fourth-order valence-corrected chi connectivity index (χ4v) is 1.65. The van der Waals surface area contributed by atoms with Gasteiger partial charge in [0.05, 0.1) is 27.7 Å². The lowest BCUT2D eigenvalue weighted by Crippen LogP contribution is -2.37. The van der Waals surface area contributed by atoms with Gasteiger partial charge in [0.25, 0.3) is 0 Å². The summed E-state index contributed by atoms with van der Waals surface area (Å²) in [7, 11) is 6.49. The van der Waals surface area contributed by atoms with E-state index in [0.717, 1.165) is 54.0 Å². The number of rotatable bonds is 7. The minimum Gasteiger partial charge on any atom is -0.399 e. The van der Waals surface area contributed by atoms with Crippen LogP contribution in [-0.4, -0.2) is 45.4 Å². The van der Waals surface area contributed by atoms with E-state index in [2.05, 4.69) is 21.1 Å². The van der Waals surface area contributed by atoms with Gasteiger partial charge in [0, 0.05) is 18.0 Å². The molecule has 0 aliphatic heterocycles. The fourth-order valence-electron chi connectivity index (χ4n) is 1.65. The van der Waals surface area contributed by atoms with Crippen LogP contribution < -0.4 is 11.5 Å². The first kappa shape index (κ1) is 14.8. The Morgan fingerprint density at radius 3 is 2.50 bits per heavy atom. The molecule has 0 heterocycles. The predicted molar refractivity (Wildman–Crippen MR) is 77.3 cm³/mol. The van der Waals surface area contributed by atoms with Crippen molar-refractivity contribution in [3.05, 3.63) is 23.8 Å². The number of likely N-dealkylation sites (N-methyl/N-ethyl adjacent to an activating group) is 1. The van der Waals surface area contributed by atoms with Crippen LogP contribution in [0.4, 0.5) is 11.4 Å². The maximum Gasteiger partial charge on any atom is 0.102 e. The largest absolute Gasteiger partial charge is 0.399 e. The third-order valence-electron chi connectivity index (χ3n) is 2.81. The van der Waals surface area contributed by atoms with E-state index in [4.69, 9.17) is 16.2 Å². The third kappa shape index (κ3) is 5.89. The van der Waals surface area contributed by atoms with Crippen LogP contribution in [0.1, 0.15) is 12.0 Å². The summed E-state index contributed by atoms with van der Waals surface area (Å²) < 4.78 is 6.55. The van der Waals surface area contributed by atoms with Crippen molar-refractivity contribution in [1.29, 1.82) is 0 Å². The Labute approximate surface area is 110 Å². The number of anilines is 2. The van der Waals surface area contributed by atoms with Crippen molar-refractivity contribution in [2.24, 2.45) is 0 Å². The molecule has 0 fully saturated rings. The molecule has 1 rings (SSSR count). The monoisotopic (exact) mass is 252 g/mol. The van der Waals surface area contributed by atoms with Crippen molar-refractivity contribution >= 4 is 11.4 Å². The molecule has 0 radical (unpaired) electrons. The lowest BCUT2D eigenvalue weighted by atomic mass is 10.1. The summed E-state index contributed by atoms with van der Waals surface area (Å²) >= 11 is 0. The highest BCUT2D eigenvalue weighted by atomic mass is 16.5. The second kappa shape index (κ2) is 6.61. The number of hydrogen-bond donors (Lipinski definition) is 2. The van der Waals surface area contributed by atoms with Crippen molar-refractivity contribution in [3.63, 3.8) is 0 Å². The van der Waals surface area contributed by atoms with Gasteiger partial charge in [0.2, 0.25) is 0 Å². The van der Waals surface area contributed by atoms with Crippen LogP contribution in [0.3, 0.4) is 0 Å². The minimum atomic E-state index is 0.769. The van der Waals surface area contributed by atoms with Crippen LogP contribution >= 0.6 is 0 Å². The molecule has 0 aliphatic carbocycles. The van der Waals surface area contributed by atoms with E-state index in [0.29, 0.717) is 0 Å². The zero-order chi connectivity index (χ0) is 13.6. The standard InChI is InChI=1S/C14H26N3O/c1-17(2,3)8-10-18-9-4-5-12-11-13(15)6-7-14(12)16/h6-7,11H,4-5,8-10,15-16H2,1-3H3/q+1. The topological polar surface area (TPSA) is 61.3 Å². The van der Waals surface area contributed by atoms with Crippen LogP contribution in [0.25, 0.3) is 0 Å². The zero-order valence-electron chi connectivity index (χ0n) is 11.8. The minimum absolute atomic E-state index is 0.769. The van der Waals surface area contributed by atoms with E-state index < -0.39 is 0 Å². The van der Waals surface area contributed by atoms with E-state index in [-0.39, 0.29) is 0 Å². The summed E-state index contributed by atoms with van der Waals surface area (Å²) in [6.07, 6.45) is 1.89. The van der Waals surface area contributed by atoms with Crippen molar-refractivity contribution < 1.29 is 9.22 Å². The van der Waals surface area contributed by atoms with Gasteiger partial charge in [-0.3, -0.25) is 0 Å². The normalized spacial score (nSPS) is 11.7. The van der Waals surface area contributed by atoms with E-state index in [1.807, 2.05) is 18.2 Å². The Morgan fingerprint density at radius 1 is 1.11 bits per heavy atom. The summed E-state index contributed by atoms with van der Waals surface area (Å²) in [5.74, 6) is 0. The highest BCUT2D eigenvalue weighted by Gasteiger charge is 2.05. The molecule has 0 aliphatic rings. The number of nitrogens with two attached hydrogens (primary N) is 2. The van der Waals surface area contributed by atoms with Crippen LogP contribution in [0.15, 0.2) is 18.2 Å². The van der Waals surface area contributed by atoms with Crippen molar-refractivity contribution in [3.8, 4) is 0 Å². The summed E-state index contributed by atoms with van der Waals surface area (Å²) in [4.78, 5) is 0. The molecule has 4 heteroatoms. The van der Waals surface area contributed by atoms with Gasteiger partial charge in [-0.1, -0.05) is 0 Å². The molecule has 1 aromatic rings. The number of nitrogens with zero attached hydrogens (tertiary/aromatic N) is 1. The van der Waals surface area contributed by atoms with Gasteiger partial charge >= 0.3 is 0 Å². The Kier molecular flexibility index (Phi) is 5.44. The molecule has 18 heavy (non-hydrogen) atoms. The molecule has 0 atom stereocenters. The lowest BCUT2D eigenvalue weighted by molar-refractivity contribution is -0.870. The van der Waals surface area contributed by atoms with Gasteiger partial charge in [-0.05, 0) is 36.6 Å². The van der Waals surface area contributed by atoms with Gasteiger partial charge in [0.15, 0.2) is 0 Å². The number of ether oxygens (including phenoxy) is 1. The van der Waals surface area contributed by atoms with E-state index in [9.17, 15) is 0 Å². The Morgan fingerprint density at radius 2 is 1.83 bits per heavy atom. The first-order chi connectivity index (χ1) is 8.38. The fraction of sp³-hybridized carbons (Fsp3) is 0.571. The number of hydrogen-bond acceptors (Lipinski definition) is 3. The predicted octanol–water partition coefficient (Wildman–Crippen LogP) is 1.51. The lowest BCUT2D eigenvalue weighted by Gasteiger charge is -2.23. The summed E-state index contributed by atoms with van der Waals surface area (Å²) in [5, 5.41) is 0. The zero-order valence-corrected chi connectivity index (χ0v) is 11.8. The summed E-state index contributed by atoms with van der Waals surface area (Å²) in [5.41, 5.74) is 14.3. The van der Waals surface area contributed by atoms with Gasteiger partial charge < -0.3 is 20.7 Å². The number of benzene rings is 1. The first-order valence-corrected chi connectivity index (χ1v) is 6.40. The molecule has 102 valence electrons. The first-order valence-electron chi connectivity index (χ1n) is 6.40. The Balaban J connectivity index is 2.20. The molecular formula is C14H26N3O+. The molecule has 0 unspecified atom stereocenters. The molecule has 0 saturated carbocycles. The van der Waals surface area contributed by atoms with E-state index in [1.54, 1.807) is 0 Å². The molecule has 4 nitrogen and oxygen atoms in total. The summed E-state index contributed by atoms with van der Waals surface area (Å²) in [6.45, 7) is 2.60. The third-order valence-corrected chi connectivity index (χ3v) is 2.81. The van der Waals surface area contributed by atoms with Crippen LogP contribution in [0, 0.1) is 0 Å². The van der Waals surface area contributed by atoms with Gasteiger partial charge in [-0.25, -0.2) is 0 Å². The molecule has 4 N–H and O–H groups in total. The van der Waals surface area contributed by atoms with E-state index in [1.165, 1.54) is 0 Å². The number of nitrogen functional groups attached to an aromatic ring is 2. The molecule has 0 saturated heterocycles. The highest BCUT2D eigenvalue weighted by Crippen LogP contribution is 2.17. The summed E-state index contributed by atoms with van der Waals surface area (Å²) in [6, 6.07) is 5.64. The molecule has 0 bridgehead atoms. The smallest absolute Gasteiger partial charge is 0.102 e. The van der Waals surface area contributed by atoms with Gasteiger partial charge in [0.1, 0.15) is 6.54 Å². The Hall–Kier alpha value is -1.26. The van der Waals surface area contributed by atoms with Crippen molar-refractivity contribution in [2.45, 2.75) is 12.8 Å². The second-order valence-corrected chi connectivity index (χ2v) is 5.69. The second-order valence-electron chi connectivity index (χ2n) is 5.69. The number of aryl methyl sites for hydroxylation is 1. The van der Waals surface area contributed by atoms with Crippen LogP contribution in [-0.2, 0) is 11.2 Å². The molecule has 0 spiro atoms. The Bertz CT molecular complexity index is 372. The van der Waals surface area contributed by atoms with Crippen molar-refractivity contribution in [1.82, 2.24) is 0 Å². The molecular weight excluding hydrogens is 226 g/mol. The van der Waals surface area contributed by atoms with Gasteiger partial charge in [-0.2, -0.15) is 0 Å². The molecule has 1 aromatic carbocycles. The maximum atomic E-state index is 5.89. The van der Waals surface area contributed by atoms with Crippen LogP contribution in [0.2, 0.25) is 0 Å². The SMILES string of the molecule is C[N+](C)(C)CCOCCCc1cc(N)ccc1N. The molecule has 0 amide bonds. The quantitative estimate of drug-likeness (QED) is 0.439. The highest BCUT2D eigenvalue weighted by molar-refractivity contribution is 5.55.